The Labute approximate surface area is 159 Å². The van der Waals surface area contributed by atoms with Crippen LogP contribution in [0, 0.1) is 6.92 Å². The van der Waals surface area contributed by atoms with Gasteiger partial charge in [0.05, 0.1) is 12.1 Å². The second-order valence-electron chi connectivity index (χ2n) is 7.81. The van der Waals surface area contributed by atoms with Crippen LogP contribution in [0.25, 0.3) is 0 Å². The van der Waals surface area contributed by atoms with E-state index in [9.17, 15) is 4.79 Å². The molecule has 134 valence electrons. The number of rotatable bonds is 2. The van der Waals surface area contributed by atoms with Gasteiger partial charge in [-0.05, 0) is 55.0 Å². The van der Waals surface area contributed by atoms with E-state index in [2.05, 4.69) is 41.0 Å². The summed E-state index contributed by atoms with van der Waals surface area (Å²) < 4.78 is 0. The van der Waals surface area contributed by atoms with Gasteiger partial charge in [-0.15, -0.1) is 0 Å². The molecule has 3 aliphatic rings. The Kier molecular flexibility index (Phi) is 3.75. The van der Waals surface area contributed by atoms with Crippen LogP contribution in [0.3, 0.4) is 0 Å². The summed E-state index contributed by atoms with van der Waals surface area (Å²) in [5.41, 5.74) is 6.78. The normalized spacial score (nSPS) is 24.3. The quantitative estimate of drug-likeness (QED) is 0.760. The Morgan fingerprint density at radius 3 is 2.54 bits per heavy atom. The van der Waals surface area contributed by atoms with Crippen LogP contribution in [-0.4, -0.2) is 23.9 Å². The predicted molar refractivity (Wildman–Crippen MR) is 105 cm³/mol. The Morgan fingerprint density at radius 1 is 1.00 bits per heavy atom. The lowest BCUT2D eigenvalue weighted by atomic mass is 9.86. The third-order valence-corrected chi connectivity index (χ3v) is 6.45. The zero-order chi connectivity index (χ0) is 17.8. The predicted octanol–water partition coefficient (Wildman–Crippen LogP) is 4.82. The Morgan fingerprint density at radius 2 is 1.81 bits per heavy atom. The van der Waals surface area contributed by atoms with Crippen molar-refractivity contribution in [2.24, 2.45) is 0 Å². The highest BCUT2D eigenvalue weighted by Crippen LogP contribution is 2.51. The number of hydrogen-bond donors (Lipinski definition) is 0. The summed E-state index contributed by atoms with van der Waals surface area (Å²) in [6.45, 7) is 4.12. The van der Waals surface area contributed by atoms with Crippen LogP contribution < -0.4 is 4.90 Å². The standard InChI is InChI=1S/C22H23ClN2O/c1-14-11-16-8-10-25-19(15-4-6-17(23)7-5-15)13-20(18(12-14)22(16)25)24-9-2-3-21(24)26/h4-7,11-12,19-20H,2-3,8-10,13H2,1H3/t19-,20-/m1/s1. The first kappa shape index (κ1) is 16.2. The summed E-state index contributed by atoms with van der Waals surface area (Å²) in [5, 5.41) is 0.772. The molecule has 3 heterocycles. The number of carbonyl (C=O) groups excluding carboxylic acids is 1. The van der Waals surface area contributed by atoms with Gasteiger partial charge in [0.2, 0.25) is 5.91 Å². The molecule has 5 rings (SSSR count). The maximum atomic E-state index is 12.5. The van der Waals surface area contributed by atoms with Crippen molar-refractivity contribution < 1.29 is 4.79 Å². The highest BCUT2D eigenvalue weighted by Gasteiger charge is 2.42. The third-order valence-electron chi connectivity index (χ3n) is 6.19. The monoisotopic (exact) mass is 366 g/mol. The van der Waals surface area contributed by atoms with E-state index in [1.165, 1.54) is 27.9 Å². The molecule has 0 radical (unpaired) electrons. The third kappa shape index (κ3) is 2.44. The number of likely N-dealkylation sites (tertiary alicyclic amines) is 1. The minimum absolute atomic E-state index is 0.189. The molecule has 0 saturated carbocycles. The number of carbonyl (C=O) groups is 1. The SMILES string of the molecule is Cc1cc2c3c(c1)[C@H](N1CCCC1=O)C[C@H](c1ccc(Cl)cc1)N3CC2. The van der Waals surface area contributed by atoms with Gasteiger partial charge in [0.25, 0.3) is 0 Å². The second kappa shape index (κ2) is 6.02. The number of anilines is 1. The molecule has 1 saturated heterocycles. The fraction of sp³-hybridized carbons (Fsp3) is 0.409. The van der Waals surface area contributed by atoms with Crippen molar-refractivity contribution in [1.29, 1.82) is 0 Å². The van der Waals surface area contributed by atoms with Crippen LogP contribution in [0.1, 0.15) is 53.6 Å². The van der Waals surface area contributed by atoms with Crippen molar-refractivity contribution in [3.8, 4) is 0 Å². The average Bonchev–Trinajstić information content (AvgIpc) is 3.23. The second-order valence-corrected chi connectivity index (χ2v) is 8.25. The molecule has 4 heteroatoms. The van der Waals surface area contributed by atoms with E-state index in [1.54, 1.807) is 0 Å². The Bertz CT molecular complexity index is 876. The fourth-order valence-corrected chi connectivity index (χ4v) is 5.23. The van der Waals surface area contributed by atoms with Crippen molar-refractivity contribution in [3.63, 3.8) is 0 Å². The summed E-state index contributed by atoms with van der Waals surface area (Å²) in [6.07, 6.45) is 3.73. The number of amides is 1. The first-order valence-electron chi connectivity index (χ1n) is 9.57. The molecule has 0 unspecified atom stereocenters. The highest BCUT2D eigenvalue weighted by atomic mass is 35.5. The number of halogens is 1. The summed E-state index contributed by atoms with van der Waals surface area (Å²) in [5.74, 6) is 0.312. The van der Waals surface area contributed by atoms with Gasteiger partial charge in [0.15, 0.2) is 0 Å². The minimum Gasteiger partial charge on any atom is -0.364 e. The molecule has 26 heavy (non-hydrogen) atoms. The van der Waals surface area contributed by atoms with E-state index < -0.39 is 0 Å². The van der Waals surface area contributed by atoms with E-state index in [0.29, 0.717) is 18.4 Å². The lowest BCUT2D eigenvalue weighted by molar-refractivity contribution is -0.130. The summed E-state index contributed by atoms with van der Waals surface area (Å²) in [7, 11) is 0. The molecule has 3 aliphatic heterocycles. The molecule has 3 nitrogen and oxygen atoms in total. The van der Waals surface area contributed by atoms with Crippen molar-refractivity contribution in [2.75, 3.05) is 18.0 Å². The average molecular weight is 367 g/mol. The molecule has 0 spiro atoms. The van der Waals surface area contributed by atoms with Gasteiger partial charge >= 0.3 is 0 Å². The van der Waals surface area contributed by atoms with Gasteiger partial charge < -0.3 is 9.80 Å². The minimum atomic E-state index is 0.189. The van der Waals surface area contributed by atoms with Gasteiger partial charge in [-0.3, -0.25) is 4.79 Å². The molecule has 0 aromatic heterocycles. The molecule has 0 N–H and O–H groups in total. The van der Waals surface area contributed by atoms with Crippen LogP contribution >= 0.6 is 11.6 Å². The smallest absolute Gasteiger partial charge is 0.223 e. The van der Waals surface area contributed by atoms with Crippen molar-refractivity contribution >= 4 is 23.2 Å². The molecule has 1 fully saturated rings. The van der Waals surface area contributed by atoms with Crippen LogP contribution in [-0.2, 0) is 11.2 Å². The first-order valence-corrected chi connectivity index (χ1v) is 9.94. The fourth-order valence-electron chi connectivity index (χ4n) is 5.10. The Hall–Kier alpha value is -2.00. The van der Waals surface area contributed by atoms with Crippen molar-refractivity contribution in [2.45, 2.75) is 44.7 Å². The summed E-state index contributed by atoms with van der Waals surface area (Å²) >= 11 is 6.11. The van der Waals surface area contributed by atoms with E-state index in [0.717, 1.165) is 37.4 Å². The summed E-state index contributed by atoms with van der Waals surface area (Å²) in [6, 6.07) is 13.4. The zero-order valence-corrected chi connectivity index (χ0v) is 15.8. The van der Waals surface area contributed by atoms with Gasteiger partial charge in [-0.2, -0.15) is 0 Å². The van der Waals surface area contributed by atoms with E-state index in [1.807, 2.05) is 12.1 Å². The van der Waals surface area contributed by atoms with Gasteiger partial charge in [0.1, 0.15) is 0 Å². The first-order chi connectivity index (χ1) is 12.6. The van der Waals surface area contributed by atoms with Gasteiger partial charge in [-0.25, -0.2) is 0 Å². The largest absolute Gasteiger partial charge is 0.364 e. The van der Waals surface area contributed by atoms with E-state index >= 15 is 0 Å². The topological polar surface area (TPSA) is 23.6 Å². The van der Waals surface area contributed by atoms with Crippen molar-refractivity contribution in [3.05, 3.63) is 63.7 Å². The lowest BCUT2D eigenvalue weighted by Crippen LogP contribution is -2.39. The van der Waals surface area contributed by atoms with Gasteiger partial charge in [0, 0.05) is 30.2 Å². The van der Waals surface area contributed by atoms with Crippen LogP contribution in [0.4, 0.5) is 5.69 Å². The van der Waals surface area contributed by atoms with E-state index in [-0.39, 0.29) is 6.04 Å². The van der Waals surface area contributed by atoms with Gasteiger partial charge in [-0.1, -0.05) is 41.4 Å². The van der Waals surface area contributed by atoms with Crippen molar-refractivity contribution in [1.82, 2.24) is 4.90 Å². The molecule has 2 atom stereocenters. The molecular weight excluding hydrogens is 344 g/mol. The highest BCUT2D eigenvalue weighted by molar-refractivity contribution is 6.30. The maximum absolute atomic E-state index is 12.5. The van der Waals surface area contributed by atoms with Crippen LogP contribution in [0.5, 0.6) is 0 Å². The molecule has 2 aromatic rings. The zero-order valence-electron chi connectivity index (χ0n) is 15.0. The number of aryl methyl sites for hydroxylation is 1. The maximum Gasteiger partial charge on any atom is 0.223 e. The van der Waals surface area contributed by atoms with Crippen LogP contribution in [0.15, 0.2) is 36.4 Å². The number of nitrogens with zero attached hydrogens (tertiary/aromatic N) is 2. The van der Waals surface area contributed by atoms with Crippen LogP contribution in [0.2, 0.25) is 5.02 Å². The molecule has 2 aromatic carbocycles. The van der Waals surface area contributed by atoms with E-state index in [4.69, 9.17) is 11.6 Å². The molecule has 1 amide bonds. The molecule has 0 aliphatic carbocycles. The summed E-state index contributed by atoms with van der Waals surface area (Å²) in [4.78, 5) is 17.2. The molecular formula is C22H23ClN2O. The number of benzene rings is 2. The lowest BCUT2D eigenvalue weighted by Gasteiger charge is -2.43. The Balaban J connectivity index is 1.64. The molecule has 0 bridgehead atoms. The number of hydrogen-bond acceptors (Lipinski definition) is 2.